The molecule has 82 valence electrons. The summed E-state index contributed by atoms with van der Waals surface area (Å²) in [6.07, 6.45) is 2.87. The Morgan fingerprint density at radius 3 is 2.73 bits per heavy atom. The smallest absolute Gasteiger partial charge is 0.126 e. The summed E-state index contributed by atoms with van der Waals surface area (Å²) in [6.45, 7) is 0. The van der Waals surface area contributed by atoms with Crippen molar-refractivity contribution in [3.63, 3.8) is 0 Å². The van der Waals surface area contributed by atoms with Crippen molar-refractivity contribution in [1.82, 2.24) is 5.32 Å². The summed E-state index contributed by atoms with van der Waals surface area (Å²) in [7, 11) is 1.91. The number of hydrogen-bond donors (Lipinski definition) is 1. The largest absolute Gasteiger partial charge is 0.317 e. The van der Waals surface area contributed by atoms with E-state index in [0.717, 1.165) is 19.3 Å². The van der Waals surface area contributed by atoms with Gasteiger partial charge in [-0.1, -0.05) is 0 Å². The zero-order valence-electron chi connectivity index (χ0n) is 8.76. The number of benzene rings is 1. The Morgan fingerprint density at radius 1 is 1.27 bits per heavy atom. The molecule has 1 aromatic carbocycles. The van der Waals surface area contributed by atoms with Crippen molar-refractivity contribution in [2.45, 2.75) is 31.2 Å². The van der Waals surface area contributed by atoms with Gasteiger partial charge in [0.05, 0.1) is 0 Å². The lowest BCUT2D eigenvalue weighted by Crippen LogP contribution is -2.21. The van der Waals surface area contributed by atoms with Crippen molar-refractivity contribution in [3.8, 4) is 0 Å². The normalized spacial score (nSPS) is 25.8. The van der Waals surface area contributed by atoms with Gasteiger partial charge in [0.2, 0.25) is 0 Å². The molecule has 2 rings (SSSR count). The summed E-state index contributed by atoms with van der Waals surface area (Å²) in [6, 6.07) is 4.16. The minimum Gasteiger partial charge on any atom is -0.317 e. The molecule has 1 fully saturated rings. The molecule has 0 amide bonds. The Balaban J connectivity index is 2.19. The van der Waals surface area contributed by atoms with E-state index in [4.69, 9.17) is 0 Å². The summed E-state index contributed by atoms with van der Waals surface area (Å²) in [5.74, 6) is -0.462. The van der Waals surface area contributed by atoms with Crippen LogP contribution >= 0.6 is 0 Å². The molecule has 0 spiro atoms. The van der Waals surface area contributed by atoms with E-state index >= 15 is 0 Å². The molecule has 1 aromatic rings. The van der Waals surface area contributed by atoms with Crippen LogP contribution in [0.25, 0.3) is 0 Å². The molecular formula is C12H15F2N. The maximum absolute atomic E-state index is 13.5. The second-order valence-corrected chi connectivity index (χ2v) is 4.16. The molecule has 3 heteroatoms. The second kappa shape index (κ2) is 4.27. The van der Waals surface area contributed by atoms with Gasteiger partial charge in [0.15, 0.2) is 0 Å². The van der Waals surface area contributed by atoms with Gasteiger partial charge in [-0.2, -0.15) is 0 Å². The first-order chi connectivity index (χ1) is 7.20. The third-order valence-corrected chi connectivity index (χ3v) is 3.24. The molecule has 0 radical (unpaired) electrons. The molecule has 1 saturated carbocycles. The van der Waals surface area contributed by atoms with Crippen LogP contribution in [0.5, 0.6) is 0 Å². The molecule has 2 unspecified atom stereocenters. The standard InChI is InChI=1S/C12H15F2N/c1-15-10-4-2-8(6-10)11-7-9(13)3-5-12(11)14/h3,5,7-8,10,15H,2,4,6H2,1H3. The summed E-state index contributed by atoms with van der Waals surface area (Å²) in [4.78, 5) is 0. The van der Waals surface area contributed by atoms with Gasteiger partial charge in [-0.25, -0.2) is 8.78 Å². The highest BCUT2D eigenvalue weighted by molar-refractivity contribution is 5.24. The number of halogens is 2. The molecular weight excluding hydrogens is 196 g/mol. The van der Waals surface area contributed by atoms with Gasteiger partial charge in [-0.3, -0.25) is 0 Å². The van der Waals surface area contributed by atoms with Crippen molar-refractivity contribution in [2.24, 2.45) is 0 Å². The van der Waals surface area contributed by atoms with Crippen molar-refractivity contribution in [1.29, 1.82) is 0 Å². The van der Waals surface area contributed by atoms with Crippen LogP contribution in [-0.2, 0) is 0 Å². The van der Waals surface area contributed by atoms with E-state index in [1.165, 1.54) is 18.2 Å². The number of rotatable bonds is 2. The molecule has 1 nitrogen and oxygen atoms in total. The minimum atomic E-state index is -0.348. The fourth-order valence-electron chi connectivity index (χ4n) is 2.35. The average Bonchev–Trinajstić information content (AvgIpc) is 2.70. The molecule has 0 aromatic heterocycles. The van der Waals surface area contributed by atoms with Crippen LogP contribution in [-0.4, -0.2) is 13.1 Å². The third-order valence-electron chi connectivity index (χ3n) is 3.24. The lowest BCUT2D eigenvalue weighted by Gasteiger charge is -2.12. The maximum atomic E-state index is 13.5. The minimum absolute atomic E-state index is 0.165. The van der Waals surface area contributed by atoms with Gasteiger partial charge in [0, 0.05) is 6.04 Å². The predicted octanol–water partition coefficient (Wildman–Crippen LogP) is 2.82. The van der Waals surface area contributed by atoms with E-state index in [2.05, 4.69) is 5.32 Å². The number of hydrogen-bond acceptors (Lipinski definition) is 1. The van der Waals surface area contributed by atoms with Crippen molar-refractivity contribution in [2.75, 3.05) is 7.05 Å². The number of nitrogens with one attached hydrogen (secondary N) is 1. The molecule has 2 atom stereocenters. The van der Waals surface area contributed by atoms with Gasteiger partial charge in [0.25, 0.3) is 0 Å². The van der Waals surface area contributed by atoms with E-state index in [1.807, 2.05) is 7.05 Å². The lowest BCUT2D eigenvalue weighted by molar-refractivity contribution is 0.543. The highest BCUT2D eigenvalue weighted by Crippen LogP contribution is 2.35. The Hall–Kier alpha value is -0.960. The highest BCUT2D eigenvalue weighted by Gasteiger charge is 2.26. The van der Waals surface area contributed by atoms with Gasteiger partial charge >= 0.3 is 0 Å². The van der Waals surface area contributed by atoms with E-state index in [-0.39, 0.29) is 17.6 Å². The van der Waals surface area contributed by atoms with Crippen LogP contribution in [0.15, 0.2) is 18.2 Å². The molecule has 0 aliphatic heterocycles. The summed E-state index contributed by atoms with van der Waals surface area (Å²) < 4.78 is 26.5. The fraction of sp³-hybridized carbons (Fsp3) is 0.500. The zero-order valence-corrected chi connectivity index (χ0v) is 8.76. The molecule has 0 saturated heterocycles. The third kappa shape index (κ3) is 2.17. The topological polar surface area (TPSA) is 12.0 Å². The highest BCUT2D eigenvalue weighted by atomic mass is 19.1. The predicted molar refractivity (Wildman–Crippen MR) is 55.8 cm³/mol. The Labute approximate surface area is 88.5 Å². The lowest BCUT2D eigenvalue weighted by atomic mass is 9.97. The molecule has 0 heterocycles. The first-order valence-corrected chi connectivity index (χ1v) is 5.33. The quantitative estimate of drug-likeness (QED) is 0.793. The van der Waals surface area contributed by atoms with Crippen LogP contribution in [0.3, 0.4) is 0 Å². The van der Waals surface area contributed by atoms with Gasteiger partial charge < -0.3 is 5.32 Å². The van der Waals surface area contributed by atoms with Crippen LogP contribution in [0.4, 0.5) is 8.78 Å². The SMILES string of the molecule is CNC1CCC(c2cc(F)ccc2F)C1. The van der Waals surface area contributed by atoms with Gasteiger partial charge in [-0.05, 0) is 56.0 Å². The summed E-state index contributed by atoms with van der Waals surface area (Å²) in [5, 5.41) is 3.18. The first kappa shape index (κ1) is 10.6. The summed E-state index contributed by atoms with van der Waals surface area (Å²) in [5.41, 5.74) is 0.535. The van der Waals surface area contributed by atoms with E-state index < -0.39 is 0 Å². The van der Waals surface area contributed by atoms with Gasteiger partial charge in [0.1, 0.15) is 11.6 Å². The fourth-order valence-corrected chi connectivity index (χ4v) is 2.35. The van der Waals surface area contributed by atoms with Crippen LogP contribution in [0, 0.1) is 11.6 Å². The molecule has 1 aliphatic carbocycles. The van der Waals surface area contributed by atoms with Crippen LogP contribution in [0.1, 0.15) is 30.7 Å². The maximum Gasteiger partial charge on any atom is 0.126 e. The van der Waals surface area contributed by atoms with E-state index in [0.29, 0.717) is 11.6 Å². The van der Waals surface area contributed by atoms with Gasteiger partial charge in [-0.15, -0.1) is 0 Å². The van der Waals surface area contributed by atoms with Crippen molar-refractivity contribution >= 4 is 0 Å². The van der Waals surface area contributed by atoms with Crippen molar-refractivity contribution < 1.29 is 8.78 Å². The molecule has 0 bridgehead atoms. The molecule has 1 N–H and O–H groups in total. The van der Waals surface area contributed by atoms with E-state index in [1.54, 1.807) is 0 Å². The zero-order chi connectivity index (χ0) is 10.8. The van der Waals surface area contributed by atoms with Crippen molar-refractivity contribution in [3.05, 3.63) is 35.4 Å². The van der Waals surface area contributed by atoms with E-state index in [9.17, 15) is 8.78 Å². The Kier molecular flexibility index (Phi) is 3.00. The summed E-state index contributed by atoms with van der Waals surface area (Å²) >= 11 is 0. The Morgan fingerprint density at radius 2 is 2.07 bits per heavy atom. The average molecular weight is 211 g/mol. The van der Waals surface area contributed by atoms with Crippen LogP contribution < -0.4 is 5.32 Å². The van der Waals surface area contributed by atoms with Crippen LogP contribution in [0.2, 0.25) is 0 Å². The first-order valence-electron chi connectivity index (χ1n) is 5.33. The molecule has 15 heavy (non-hydrogen) atoms. The monoisotopic (exact) mass is 211 g/mol. The second-order valence-electron chi connectivity index (χ2n) is 4.16. The Bertz CT molecular complexity index is 351. The molecule has 1 aliphatic rings.